The molecule has 0 aliphatic rings. The number of unbranched alkanes of at least 4 members (excludes halogenated alkanes) is 5. The smallest absolute Gasteiger partial charge is 0.313 e. The minimum Gasteiger partial charge on any atom is -0.393 e. The van der Waals surface area contributed by atoms with Gasteiger partial charge in [0.2, 0.25) is 0 Å². The van der Waals surface area contributed by atoms with Crippen LogP contribution in [0.5, 0.6) is 0 Å². The summed E-state index contributed by atoms with van der Waals surface area (Å²) in [5.74, 6) is -0.908. The standard InChI is InChI=1S/C11H20O3/c1-3-4-5-6-7-8-9-11(13)14-10(2)12/h3-9H2,1-2H3. The van der Waals surface area contributed by atoms with E-state index in [4.69, 9.17) is 0 Å². The molecule has 3 nitrogen and oxygen atoms in total. The summed E-state index contributed by atoms with van der Waals surface area (Å²) >= 11 is 0. The van der Waals surface area contributed by atoms with Crippen LogP contribution in [0.4, 0.5) is 0 Å². The molecule has 0 saturated carbocycles. The fraction of sp³-hybridized carbons (Fsp3) is 0.818. The Morgan fingerprint density at radius 3 is 2.14 bits per heavy atom. The molecule has 0 aromatic heterocycles. The molecule has 0 bridgehead atoms. The molecular weight excluding hydrogens is 180 g/mol. The first kappa shape index (κ1) is 13.1. The Kier molecular flexibility index (Phi) is 8.19. The van der Waals surface area contributed by atoms with Gasteiger partial charge >= 0.3 is 11.9 Å². The third-order valence-corrected chi connectivity index (χ3v) is 1.99. The lowest BCUT2D eigenvalue weighted by Gasteiger charge is -2.00. The molecule has 0 unspecified atom stereocenters. The zero-order chi connectivity index (χ0) is 10.8. The summed E-state index contributed by atoms with van der Waals surface area (Å²) in [5.41, 5.74) is 0. The Hall–Kier alpha value is -0.860. The highest BCUT2D eigenvalue weighted by Gasteiger charge is 2.04. The molecule has 3 heteroatoms. The molecular formula is C11H20O3. The van der Waals surface area contributed by atoms with Crippen molar-refractivity contribution in [2.75, 3.05) is 0 Å². The molecule has 0 aromatic rings. The second-order valence-electron chi connectivity index (χ2n) is 3.48. The van der Waals surface area contributed by atoms with Gasteiger partial charge in [-0.15, -0.1) is 0 Å². The number of hydrogen-bond donors (Lipinski definition) is 0. The molecule has 0 radical (unpaired) electrons. The lowest BCUT2D eigenvalue weighted by atomic mass is 10.1. The molecule has 0 aliphatic carbocycles. The SMILES string of the molecule is CCCCCCCCC(=O)OC(C)=O. The zero-order valence-corrected chi connectivity index (χ0v) is 9.17. The van der Waals surface area contributed by atoms with Gasteiger partial charge < -0.3 is 4.74 Å². The molecule has 0 amide bonds. The quantitative estimate of drug-likeness (QED) is 0.360. The maximum atomic E-state index is 10.9. The van der Waals surface area contributed by atoms with Crippen molar-refractivity contribution >= 4 is 11.9 Å². The van der Waals surface area contributed by atoms with E-state index in [0.29, 0.717) is 6.42 Å². The lowest BCUT2D eigenvalue weighted by molar-refractivity contribution is -0.158. The summed E-state index contributed by atoms with van der Waals surface area (Å²) in [5, 5.41) is 0. The predicted octanol–water partition coefficient (Wildman–Crippen LogP) is 2.83. The number of carbonyl (C=O) groups excluding carboxylic acids is 2. The van der Waals surface area contributed by atoms with E-state index >= 15 is 0 Å². The molecule has 0 aliphatic heterocycles. The van der Waals surface area contributed by atoms with Crippen LogP contribution < -0.4 is 0 Å². The van der Waals surface area contributed by atoms with E-state index < -0.39 is 11.9 Å². The van der Waals surface area contributed by atoms with Gasteiger partial charge in [0.15, 0.2) is 0 Å². The second-order valence-corrected chi connectivity index (χ2v) is 3.48. The molecule has 0 aromatic carbocycles. The first-order chi connectivity index (χ1) is 6.66. The van der Waals surface area contributed by atoms with Crippen molar-refractivity contribution in [3.05, 3.63) is 0 Å². The van der Waals surface area contributed by atoms with E-state index in [-0.39, 0.29) is 0 Å². The van der Waals surface area contributed by atoms with Crippen molar-refractivity contribution in [1.82, 2.24) is 0 Å². The number of ether oxygens (including phenoxy) is 1. The van der Waals surface area contributed by atoms with Crippen molar-refractivity contribution in [3.8, 4) is 0 Å². The van der Waals surface area contributed by atoms with Gasteiger partial charge in [-0.25, -0.2) is 0 Å². The normalized spacial score (nSPS) is 9.86. The molecule has 0 N–H and O–H groups in total. The van der Waals surface area contributed by atoms with Crippen LogP contribution in [-0.2, 0) is 14.3 Å². The summed E-state index contributed by atoms with van der Waals surface area (Å²) in [6.07, 6.45) is 7.14. The largest absolute Gasteiger partial charge is 0.393 e. The van der Waals surface area contributed by atoms with Crippen molar-refractivity contribution in [1.29, 1.82) is 0 Å². The Bertz CT molecular complexity index is 175. The van der Waals surface area contributed by atoms with Crippen molar-refractivity contribution in [3.63, 3.8) is 0 Å². The van der Waals surface area contributed by atoms with E-state index in [1.165, 1.54) is 32.6 Å². The number of rotatable bonds is 7. The van der Waals surface area contributed by atoms with Gasteiger partial charge in [-0.05, 0) is 6.42 Å². The van der Waals surface area contributed by atoms with E-state index in [1.54, 1.807) is 0 Å². The highest BCUT2D eigenvalue weighted by atomic mass is 16.6. The van der Waals surface area contributed by atoms with Crippen LogP contribution in [0.1, 0.15) is 58.8 Å². The highest BCUT2D eigenvalue weighted by Crippen LogP contribution is 2.07. The van der Waals surface area contributed by atoms with E-state index in [9.17, 15) is 9.59 Å². The van der Waals surface area contributed by atoms with Gasteiger partial charge in [-0.2, -0.15) is 0 Å². The van der Waals surface area contributed by atoms with Crippen molar-refractivity contribution in [2.24, 2.45) is 0 Å². The van der Waals surface area contributed by atoms with Crippen molar-refractivity contribution in [2.45, 2.75) is 58.8 Å². The molecule has 0 spiro atoms. The van der Waals surface area contributed by atoms with Gasteiger partial charge in [-0.1, -0.05) is 39.0 Å². The fourth-order valence-electron chi connectivity index (χ4n) is 1.26. The maximum Gasteiger partial charge on any atom is 0.313 e. The van der Waals surface area contributed by atoms with Crippen LogP contribution >= 0.6 is 0 Å². The molecule has 0 atom stereocenters. The third kappa shape index (κ3) is 9.23. The van der Waals surface area contributed by atoms with Crippen LogP contribution in [0.25, 0.3) is 0 Å². The molecule has 0 rings (SSSR count). The summed E-state index contributed by atoms with van der Waals surface area (Å²) in [6, 6.07) is 0. The Morgan fingerprint density at radius 1 is 1.00 bits per heavy atom. The van der Waals surface area contributed by atoms with Gasteiger partial charge in [-0.3, -0.25) is 9.59 Å². The summed E-state index contributed by atoms with van der Waals surface area (Å²) in [4.78, 5) is 21.3. The van der Waals surface area contributed by atoms with E-state index in [0.717, 1.165) is 12.8 Å². The zero-order valence-electron chi connectivity index (χ0n) is 9.17. The first-order valence-electron chi connectivity index (χ1n) is 5.38. The lowest BCUT2D eigenvalue weighted by Crippen LogP contribution is -2.08. The minimum absolute atomic E-state index is 0.367. The van der Waals surface area contributed by atoms with Crippen LogP contribution in [0.3, 0.4) is 0 Å². The topological polar surface area (TPSA) is 43.4 Å². The van der Waals surface area contributed by atoms with E-state index in [2.05, 4.69) is 11.7 Å². The Balaban J connectivity index is 3.19. The number of esters is 2. The monoisotopic (exact) mass is 200 g/mol. The molecule has 14 heavy (non-hydrogen) atoms. The fourth-order valence-corrected chi connectivity index (χ4v) is 1.26. The minimum atomic E-state index is -0.513. The highest BCUT2D eigenvalue weighted by molar-refractivity contribution is 5.83. The van der Waals surface area contributed by atoms with Crippen LogP contribution in [0.15, 0.2) is 0 Å². The van der Waals surface area contributed by atoms with Gasteiger partial charge in [0.05, 0.1) is 0 Å². The Morgan fingerprint density at radius 2 is 1.57 bits per heavy atom. The molecule has 82 valence electrons. The second kappa shape index (κ2) is 8.73. The number of hydrogen-bond acceptors (Lipinski definition) is 3. The molecule has 0 saturated heterocycles. The van der Waals surface area contributed by atoms with Gasteiger partial charge in [0.1, 0.15) is 0 Å². The van der Waals surface area contributed by atoms with E-state index in [1.807, 2.05) is 0 Å². The third-order valence-electron chi connectivity index (χ3n) is 1.99. The molecule has 0 heterocycles. The average Bonchev–Trinajstić information content (AvgIpc) is 2.10. The van der Waals surface area contributed by atoms with Gasteiger partial charge in [0.25, 0.3) is 0 Å². The predicted molar refractivity (Wildman–Crippen MR) is 54.8 cm³/mol. The summed E-state index contributed by atoms with van der Waals surface area (Å²) in [6.45, 7) is 3.42. The van der Waals surface area contributed by atoms with Crippen LogP contribution in [0, 0.1) is 0 Å². The average molecular weight is 200 g/mol. The molecule has 0 fully saturated rings. The van der Waals surface area contributed by atoms with Crippen molar-refractivity contribution < 1.29 is 14.3 Å². The van der Waals surface area contributed by atoms with Gasteiger partial charge in [0, 0.05) is 13.3 Å². The van der Waals surface area contributed by atoms with Crippen LogP contribution in [0.2, 0.25) is 0 Å². The maximum absolute atomic E-state index is 10.9. The first-order valence-corrected chi connectivity index (χ1v) is 5.38. The number of carbonyl (C=O) groups is 2. The van der Waals surface area contributed by atoms with Crippen LogP contribution in [-0.4, -0.2) is 11.9 Å². The summed E-state index contributed by atoms with van der Waals surface area (Å²) < 4.78 is 4.40. The Labute approximate surface area is 85.8 Å². The summed E-state index contributed by atoms with van der Waals surface area (Å²) in [7, 11) is 0.